The van der Waals surface area contributed by atoms with Crippen molar-refractivity contribution in [3.8, 4) is 0 Å². The highest BCUT2D eigenvalue weighted by molar-refractivity contribution is 6.77. The lowest BCUT2D eigenvalue weighted by atomic mass is 9.91. The summed E-state index contributed by atoms with van der Waals surface area (Å²) in [5.74, 6) is -0.732. The number of hydrogen-bond acceptors (Lipinski definition) is 4. The largest absolute Gasteiger partial charge is 0.419 e. The molecule has 0 spiro atoms. The first kappa shape index (κ1) is 32.3. The maximum absolute atomic E-state index is 13.9. The predicted octanol–water partition coefficient (Wildman–Crippen LogP) is 7.67. The van der Waals surface area contributed by atoms with Crippen LogP contribution >= 0.6 is 11.6 Å². The summed E-state index contributed by atoms with van der Waals surface area (Å²) in [6, 6.07) is 1.20. The normalized spacial score (nSPS) is 22.5. The summed E-state index contributed by atoms with van der Waals surface area (Å²) in [5, 5.41) is -0.162. The Kier molecular flexibility index (Phi) is 9.01. The number of aromatic nitrogens is 2. The molecule has 0 bridgehead atoms. The number of amides is 2. The highest BCUT2D eigenvalue weighted by Gasteiger charge is 2.47. The number of piperazine rings is 1. The average molecular weight is 641 g/mol. The first-order valence-corrected chi connectivity index (χ1v) is 18.2. The molecule has 0 N–H and O–H groups in total. The van der Waals surface area contributed by atoms with Gasteiger partial charge in [-0.25, -0.2) is 4.98 Å². The van der Waals surface area contributed by atoms with Gasteiger partial charge in [0.2, 0.25) is 14.2 Å². The molecule has 3 fully saturated rings. The van der Waals surface area contributed by atoms with Crippen LogP contribution in [0.25, 0.3) is 5.65 Å². The van der Waals surface area contributed by atoms with Crippen molar-refractivity contribution >= 4 is 37.4 Å². The molecule has 5 rings (SSSR count). The van der Waals surface area contributed by atoms with Crippen LogP contribution in [0.3, 0.4) is 0 Å². The summed E-state index contributed by atoms with van der Waals surface area (Å²) in [6.45, 7) is 14.2. The molecule has 0 aromatic carbocycles. The van der Waals surface area contributed by atoms with Crippen LogP contribution in [0, 0.1) is 0 Å². The number of imidazole rings is 1. The number of pyridine rings is 1. The van der Waals surface area contributed by atoms with E-state index in [4.69, 9.17) is 16.0 Å². The number of carbonyl (C=O) groups is 2. The van der Waals surface area contributed by atoms with Crippen LogP contribution in [0.15, 0.2) is 12.3 Å². The Hall–Kier alpha value is -2.11. The molecule has 0 atom stereocenters. The van der Waals surface area contributed by atoms with Crippen molar-refractivity contribution in [2.75, 3.05) is 19.6 Å². The number of halogens is 4. The minimum Gasteiger partial charge on any atom is -0.413 e. The van der Waals surface area contributed by atoms with Crippen LogP contribution in [0.5, 0.6) is 0 Å². The Morgan fingerprint density at radius 2 is 1.60 bits per heavy atom. The molecule has 2 aromatic rings. The van der Waals surface area contributed by atoms with Crippen molar-refractivity contribution in [3.05, 3.63) is 34.2 Å². The first-order chi connectivity index (χ1) is 20.1. The fourth-order valence-electron chi connectivity index (χ4n) is 7.69. The minimum absolute atomic E-state index is 0.0562. The second-order valence-corrected chi connectivity index (χ2v) is 19.3. The van der Waals surface area contributed by atoms with E-state index in [0.717, 1.165) is 44.6 Å². The second-order valence-electron chi connectivity index (χ2n) is 13.6. The fourth-order valence-corrected chi connectivity index (χ4v) is 13.6. The lowest BCUT2D eigenvalue weighted by molar-refractivity contribution is -0.139. The lowest BCUT2D eigenvalue weighted by Crippen LogP contribution is -2.57. The molecule has 12 heteroatoms. The second kappa shape index (κ2) is 12.0. The van der Waals surface area contributed by atoms with Crippen LogP contribution in [0.2, 0.25) is 21.8 Å². The topological polar surface area (TPSA) is 67.2 Å². The summed E-state index contributed by atoms with van der Waals surface area (Å²) in [5.41, 5.74) is 0.513. The third-order valence-electron chi connectivity index (χ3n) is 9.95. The molecule has 2 amide bonds. The van der Waals surface area contributed by atoms with Gasteiger partial charge in [0.1, 0.15) is 11.7 Å². The summed E-state index contributed by atoms with van der Waals surface area (Å²) in [6.07, 6.45) is 2.25. The van der Waals surface area contributed by atoms with Gasteiger partial charge in [0.25, 0.3) is 5.91 Å². The van der Waals surface area contributed by atoms with Crippen molar-refractivity contribution in [1.29, 1.82) is 0 Å². The smallest absolute Gasteiger partial charge is 0.413 e. The number of hydrogen-bond donors (Lipinski definition) is 0. The van der Waals surface area contributed by atoms with Crippen molar-refractivity contribution in [2.45, 2.75) is 121 Å². The summed E-state index contributed by atoms with van der Waals surface area (Å²) in [7, 11) is -1.99. The van der Waals surface area contributed by atoms with Gasteiger partial charge in [0.05, 0.1) is 5.56 Å². The molecule has 1 aliphatic heterocycles. The Bertz CT molecular complexity index is 1340. The van der Waals surface area contributed by atoms with Crippen LogP contribution in [0.1, 0.15) is 108 Å². The maximum Gasteiger partial charge on any atom is 0.419 e. The fraction of sp³-hybridized carbons (Fsp3) is 0.710. The van der Waals surface area contributed by atoms with E-state index in [0.29, 0.717) is 28.7 Å². The number of nitrogens with zero attached hydrogens (tertiary/aromatic N) is 4. The Morgan fingerprint density at radius 3 is 2.12 bits per heavy atom. The number of alkyl halides is 3. The third-order valence-corrected chi connectivity index (χ3v) is 16.5. The van der Waals surface area contributed by atoms with Crippen LogP contribution in [0.4, 0.5) is 13.2 Å². The highest BCUT2D eigenvalue weighted by Crippen LogP contribution is 2.45. The van der Waals surface area contributed by atoms with Gasteiger partial charge in [0.15, 0.2) is 11.3 Å². The average Bonchev–Trinajstić information content (AvgIpc) is 3.73. The van der Waals surface area contributed by atoms with E-state index in [-0.39, 0.29) is 47.9 Å². The van der Waals surface area contributed by atoms with Crippen molar-refractivity contribution in [3.63, 3.8) is 0 Å². The van der Waals surface area contributed by atoms with E-state index in [1.54, 1.807) is 6.20 Å². The van der Waals surface area contributed by atoms with E-state index in [1.807, 2.05) is 4.90 Å². The van der Waals surface area contributed by atoms with Gasteiger partial charge in [-0.3, -0.25) is 14.0 Å². The highest BCUT2D eigenvalue weighted by atomic mass is 35.5. The number of fused-ring (bicyclic) bond motifs is 1. The summed E-state index contributed by atoms with van der Waals surface area (Å²) < 4.78 is 49.9. The van der Waals surface area contributed by atoms with Crippen molar-refractivity contribution < 1.29 is 27.2 Å². The lowest BCUT2D eigenvalue weighted by Gasteiger charge is -2.47. The molecular formula is C31H44ClF3N4O3Si. The summed E-state index contributed by atoms with van der Waals surface area (Å²) in [4.78, 5) is 34.0. The molecule has 3 aliphatic rings. The minimum atomic E-state index is -4.64. The Balaban J connectivity index is 1.25. The molecule has 0 radical (unpaired) electrons. The first-order valence-electron chi connectivity index (χ1n) is 15.7. The Labute approximate surface area is 258 Å². The van der Waals surface area contributed by atoms with E-state index in [9.17, 15) is 22.8 Å². The molecule has 2 aliphatic carbocycles. The van der Waals surface area contributed by atoms with E-state index < -0.39 is 31.6 Å². The van der Waals surface area contributed by atoms with Crippen LogP contribution in [-0.4, -0.2) is 71.1 Å². The monoisotopic (exact) mass is 640 g/mol. The number of rotatable bonds is 8. The molecule has 2 saturated carbocycles. The zero-order valence-corrected chi connectivity index (χ0v) is 27.8. The molecule has 238 valence electrons. The summed E-state index contributed by atoms with van der Waals surface area (Å²) >= 11 is 6.48. The molecule has 0 unspecified atom stereocenters. The standard InChI is InChI=1S/C31H44ClF3N4O3Si/c1-18(2)43(19(3)4,20(5)6)42-24-11-9-23(10-12-24)38-14-13-37(17-26(38)40)30(41)27-28(32)39-16-22(21-7-8-21)15-25(29(39)36-27)31(33,34)35/h15-16,18-21,23-24H,7-14,17H2,1-6H3. The van der Waals surface area contributed by atoms with Crippen molar-refractivity contribution in [1.82, 2.24) is 19.2 Å². The van der Waals surface area contributed by atoms with Gasteiger partial charge >= 0.3 is 6.18 Å². The van der Waals surface area contributed by atoms with Gasteiger partial charge in [-0.05, 0) is 72.7 Å². The van der Waals surface area contributed by atoms with E-state index >= 15 is 0 Å². The maximum atomic E-state index is 13.9. The molecule has 1 saturated heterocycles. The van der Waals surface area contributed by atoms with Gasteiger partial charge in [-0.1, -0.05) is 53.1 Å². The third kappa shape index (κ3) is 6.10. The molecule has 3 heterocycles. The molecule has 2 aromatic heterocycles. The Morgan fingerprint density at radius 1 is 1.00 bits per heavy atom. The SMILES string of the molecule is CC(C)[Si](OC1CCC(N2CCN(C(=O)c3nc4c(C(F)(F)F)cc(C5CC5)cn4c3Cl)CC2=O)CC1)(C(C)C)C(C)C. The van der Waals surface area contributed by atoms with E-state index in [2.05, 4.69) is 46.5 Å². The zero-order valence-electron chi connectivity index (χ0n) is 26.0. The zero-order chi connectivity index (χ0) is 31.4. The van der Waals surface area contributed by atoms with Gasteiger partial charge in [-0.2, -0.15) is 13.2 Å². The molecular weight excluding hydrogens is 597 g/mol. The van der Waals surface area contributed by atoms with Crippen LogP contribution in [-0.2, 0) is 15.4 Å². The number of carbonyl (C=O) groups excluding carboxylic acids is 2. The van der Waals surface area contributed by atoms with E-state index in [1.165, 1.54) is 9.30 Å². The molecule has 43 heavy (non-hydrogen) atoms. The quantitative estimate of drug-likeness (QED) is 0.278. The molecule has 7 nitrogen and oxygen atoms in total. The van der Waals surface area contributed by atoms with Gasteiger partial charge < -0.3 is 14.2 Å². The van der Waals surface area contributed by atoms with Gasteiger partial charge in [0, 0.05) is 31.4 Å². The predicted molar refractivity (Wildman–Crippen MR) is 163 cm³/mol. The van der Waals surface area contributed by atoms with Crippen molar-refractivity contribution in [2.24, 2.45) is 0 Å². The van der Waals surface area contributed by atoms with Crippen LogP contribution < -0.4 is 0 Å². The van der Waals surface area contributed by atoms with Gasteiger partial charge in [-0.15, -0.1) is 0 Å².